The standard InChI is InChI=1S/C36H58O6/c1-21(2)13-12-14-22(3)26-17-18-34(9)32-29(40-23(4)37)19-28-27(15-16-30(33(28,7)8)41-24(5)38)36(32,11)31(42-25(6)39)20-35(26,34)10/h15,21-22,26,28-32H,12-14,16-20H2,1-11H3/t22-,26-,28-,29+,30+,31+,32+,34+,35-,36-/m1/s1. The lowest BCUT2D eigenvalue weighted by Gasteiger charge is -2.68. The maximum absolute atomic E-state index is 12.8. The van der Waals surface area contributed by atoms with Crippen molar-refractivity contribution >= 4 is 17.9 Å². The average Bonchev–Trinajstić information content (AvgIpc) is 3.10. The van der Waals surface area contributed by atoms with Gasteiger partial charge in [-0.2, -0.15) is 0 Å². The molecule has 0 aromatic carbocycles. The predicted molar refractivity (Wildman–Crippen MR) is 164 cm³/mol. The Hall–Kier alpha value is -1.85. The average molecular weight is 587 g/mol. The normalized spacial score (nSPS) is 41.1. The zero-order valence-corrected chi connectivity index (χ0v) is 28.3. The van der Waals surface area contributed by atoms with Gasteiger partial charge in [0.25, 0.3) is 0 Å². The smallest absolute Gasteiger partial charge is 0.302 e. The number of hydrogen-bond donors (Lipinski definition) is 0. The second-order valence-electron chi connectivity index (χ2n) is 16.1. The fourth-order valence-corrected chi connectivity index (χ4v) is 10.8. The van der Waals surface area contributed by atoms with Gasteiger partial charge in [0.2, 0.25) is 0 Å². The topological polar surface area (TPSA) is 78.9 Å². The van der Waals surface area contributed by atoms with Crippen LogP contribution in [-0.4, -0.2) is 36.2 Å². The molecule has 4 aliphatic rings. The fourth-order valence-electron chi connectivity index (χ4n) is 10.8. The third kappa shape index (κ3) is 5.36. The third-order valence-electron chi connectivity index (χ3n) is 12.9. The van der Waals surface area contributed by atoms with E-state index in [1.54, 1.807) is 0 Å². The van der Waals surface area contributed by atoms with Gasteiger partial charge >= 0.3 is 17.9 Å². The van der Waals surface area contributed by atoms with E-state index < -0.39 is 5.41 Å². The second-order valence-corrected chi connectivity index (χ2v) is 16.1. The highest BCUT2D eigenvalue weighted by Gasteiger charge is 2.73. The Morgan fingerprint density at radius 2 is 1.45 bits per heavy atom. The monoisotopic (exact) mass is 586 g/mol. The maximum atomic E-state index is 12.8. The quantitative estimate of drug-likeness (QED) is 0.163. The van der Waals surface area contributed by atoms with Gasteiger partial charge in [-0.3, -0.25) is 14.4 Å². The van der Waals surface area contributed by atoms with Crippen LogP contribution in [0, 0.1) is 51.2 Å². The number of fused-ring (bicyclic) bond motifs is 5. The SMILES string of the molecule is CC(=O)O[C@H]1C[C@@H]2C(=CC[C@H](OC(C)=O)C2(C)C)[C@]2(C)[C@@H](OC(C)=O)C[C@]3(C)[C@@H]([C@H](C)CCCC(C)C)CC[C@@]3(C)[C@H]12. The molecule has 0 aromatic heterocycles. The zero-order chi connectivity index (χ0) is 31.4. The number of carbonyl (C=O) groups excluding carboxylic acids is 3. The molecular weight excluding hydrogens is 528 g/mol. The van der Waals surface area contributed by atoms with Crippen molar-refractivity contribution in [2.45, 2.75) is 146 Å². The molecule has 42 heavy (non-hydrogen) atoms. The Labute approximate surface area is 255 Å². The lowest BCUT2D eigenvalue weighted by atomic mass is 9.37. The molecule has 0 radical (unpaired) electrons. The molecule has 6 nitrogen and oxygen atoms in total. The summed E-state index contributed by atoms with van der Waals surface area (Å²) in [6, 6.07) is 0. The molecule has 0 N–H and O–H groups in total. The number of hydrogen-bond acceptors (Lipinski definition) is 6. The van der Waals surface area contributed by atoms with Crippen LogP contribution >= 0.6 is 0 Å². The van der Waals surface area contributed by atoms with Crippen molar-refractivity contribution in [2.75, 3.05) is 0 Å². The largest absolute Gasteiger partial charge is 0.462 e. The van der Waals surface area contributed by atoms with Gasteiger partial charge < -0.3 is 14.2 Å². The molecule has 6 heteroatoms. The first-order chi connectivity index (χ1) is 19.4. The molecule has 0 aromatic rings. The van der Waals surface area contributed by atoms with E-state index in [0.29, 0.717) is 30.6 Å². The van der Waals surface area contributed by atoms with E-state index in [9.17, 15) is 14.4 Å². The van der Waals surface area contributed by atoms with Crippen LogP contribution in [-0.2, 0) is 28.6 Å². The fraction of sp³-hybridized carbons (Fsp3) is 0.861. The Kier molecular flexibility index (Phi) is 9.11. The van der Waals surface area contributed by atoms with E-state index in [2.05, 4.69) is 61.5 Å². The molecule has 3 fully saturated rings. The summed E-state index contributed by atoms with van der Waals surface area (Å²) in [5.74, 6) is 1.02. The molecule has 0 amide bonds. The lowest BCUT2D eigenvalue weighted by Crippen LogP contribution is -2.68. The lowest BCUT2D eigenvalue weighted by molar-refractivity contribution is -0.234. The van der Waals surface area contributed by atoms with Crippen LogP contribution in [0.2, 0.25) is 0 Å². The van der Waals surface area contributed by atoms with Gasteiger partial charge in [-0.15, -0.1) is 0 Å². The van der Waals surface area contributed by atoms with Crippen molar-refractivity contribution in [1.82, 2.24) is 0 Å². The van der Waals surface area contributed by atoms with Crippen molar-refractivity contribution < 1.29 is 28.6 Å². The van der Waals surface area contributed by atoms with Gasteiger partial charge in [-0.1, -0.05) is 86.3 Å². The van der Waals surface area contributed by atoms with Crippen molar-refractivity contribution in [3.63, 3.8) is 0 Å². The van der Waals surface area contributed by atoms with E-state index >= 15 is 0 Å². The maximum Gasteiger partial charge on any atom is 0.302 e. The number of carbonyl (C=O) groups is 3. The number of esters is 3. The van der Waals surface area contributed by atoms with Crippen molar-refractivity contribution in [3.8, 4) is 0 Å². The summed E-state index contributed by atoms with van der Waals surface area (Å²) in [6.45, 7) is 23.1. The first-order valence-electron chi connectivity index (χ1n) is 16.6. The Morgan fingerprint density at radius 1 is 0.857 bits per heavy atom. The Bertz CT molecular complexity index is 1090. The van der Waals surface area contributed by atoms with E-state index in [0.717, 1.165) is 19.3 Å². The van der Waals surface area contributed by atoms with E-state index in [1.807, 2.05) is 0 Å². The summed E-state index contributed by atoms with van der Waals surface area (Å²) in [5.41, 5.74) is 0.265. The summed E-state index contributed by atoms with van der Waals surface area (Å²) in [4.78, 5) is 37.5. The molecule has 0 saturated heterocycles. The van der Waals surface area contributed by atoms with E-state index in [1.165, 1.54) is 45.6 Å². The van der Waals surface area contributed by atoms with Crippen LogP contribution in [0.5, 0.6) is 0 Å². The van der Waals surface area contributed by atoms with Crippen molar-refractivity contribution in [3.05, 3.63) is 11.6 Å². The van der Waals surface area contributed by atoms with E-state index in [-0.39, 0.29) is 64.3 Å². The zero-order valence-electron chi connectivity index (χ0n) is 28.3. The second kappa shape index (κ2) is 11.6. The first-order valence-corrected chi connectivity index (χ1v) is 16.6. The molecule has 0 bridgehead atoms. The molecule has 0 unspecified atom stereocenters. The molecule has 10 atom stereocenters. The van der Waals surface area contributed by atoms with Crippen molar-refractivity contribution in [1.29, 1.82) is 0 Å². The third-order valence-corrected chi connectivity index (χ3v) is 12.9. The number of ether oxygens (including phenoxy) is 3. The van der Waals surface area contributed by atoms with Gasteiger partial charge in [0.05, 0.1) is 0 Å². The Morgan fingerprint density at radius 3 is 2.02 bits per heavy atom. The van der Waals surface area contributed by atoms with Gasteiger partial charge in [-0.25, -0.2) is 0 Å². The van der Waals surface area contributed by atoms with Gasteiger partial charge in [-0.05, 0) is 60.2 Å². The molecule has 4 rings (SSSR count). The highest BCUT2D eigenvalue weighted by atomic mass is 16.6. The molecule has 0 heterocycles. The molecule has 238 valence electrons. The summed E-state index contributed by atoms with van der Waals surface area (Å²) >= 11 is 0. The molecule has 4 aliphatic carbocycles. The van der Waals surface area contributed by atoms with E-state index in [4.69, 9.17) is 14.2 Å². The van der Waals surface area contributed by atoms with Crippen LogP contribution in [0.3, 0.4) is 0 Å². The first kappa shape index (κ1) is 33.1. The highest BCUT2D eigenvalue weighted by Crippen LogP contribution is 2.76. The van der Waals surface area contributed by atoms with Gasteiger partial charge in [0, 0.05) is 43.9 Å². The minimum absolute atomic E-state index is 0.00781. The highest BCUT2D eigenvalue weighted by molar-refractivity contribution is 5.67. The minimum atomic E-state index is -0.503. The van der Waals surface area contributed by atoms with Crippen LogP contribution in [0.25, 0.3) is 0 Å². The Balaban J connectivity index is 1.84. The summed E-state index contributed by atoms with van der Waals surface area (Å²) in [5, 5.41) is 0. The molecular formula is C36H58O6. The minimum Gasteiger partial charge on any atom is -0.462 e. The van der Waals surface area contributed by atoms with Gasteiger partial charge in [0.1, 0.15) is 18.3 Å². The van der Waals surface area contributed by atoms with Crippen molar-refractivity contribution in [2.24, 2.45) is 51.2 Å². The molecule has 3 saturated carbocycles. The summed E-state index contributed by atoms with van der Waals surface area (Å²) in [6.07, 6.45) is 9.41. The van der Waals surface area contributed by atoms with Gasteiger partial charge in [0.15, 0.2) is 0 Å². The van der Waals surface area contributed by atoms with Crippen LogP contribution < -0.4 is 0 Å². The summed E-state index contributed by atoms with van der Waals surface area (Å²) < 4.78 is 18.6. The van der Waals surface area contributed by atoms with Crippen LogP contribution in [0.15, 0.2) is 11.6 Å². The van der Waals surface area contributed by atoms with Crippen LogP contribution in [0.4, 0.5) is 0 Å². The summed E-state index contributed by atoms with van der Waals surface area (Å²) in [7, 11) is 0. The van der Waals surface area contributed by atoms with Crippen LogP contribution in [0.1, 0.15) is 128 Å². The predicted octanol–water partition coefficient (Wildman–Crippen LogP) is 8.07. The number of rotatable bonds is 8. The molecule has 0 spiro atoms. The molecule has 0 aliphatic heterocycles.